The fourth-order valence-corrected chi connectivity index (χ4v) is 3.00. The van der Waals surface area contributed by atoms with E-state index in [1.807, 2.05) is 0 Å². The van der Waals surface area contributed by atoms with Gasteiger partial charge >= 0.3 is 11.9 Å². The van der Waals surface area contributed by atoms with Crippen LogP contribution >= 0.6 is 11.6 Å². The third-order valence-electron chi connectivity index (χ3n) is 4.31. The molecule has 1 fully saturated rings. The lowest BCUT2D eigenvalue weighted by molar-refractivity contribution is -0.115. The zero-order chi connectivity index (χ0) is 19.4. The molecule has 27 heavy (non-hydrogen) atoms. The highest BCUT2D eigenvalue weighted by molar-refractivity contribution is 6.24. The summed E-state index contributed by atoms with van der Waals surface area (Å²) in [5.74, 6) is -1.16. The van der Waals surface area contributed by atoms with Gasteiger partial charge in [0.1, 0.15) is 17.6 Å². The summed E-state index contributed by atoms with van der Waals surface area (Å²) in [4.78, 5) is 23.1. The van der Waals surface area contributed by atoms with E-state index in [4.69, 9.17) is 25.8 Å². The van der Waals surface area contributed by atoms with Crippen LogP contribution in [-0.4, -0.2) is 47.0 Å². The fourth-order valence-electron chi connectivity index (χ4n) is 2.76. The number of esters is 2. The topological polar surface area (TPSA) is 82.1 Å². The number of carbonyl (C=O) groups excluding carboxylic acids is 2. The molecular formula is C20H19ClO6. The van der Waals surface area contributed by atoms with Crippen molar-refractivity contribution in [3.05, 3.63) is 71.8 Å². The van der Waals surface area contributed by atoms with Crippen molar-refractivity contribution >= 4 is 23.5 Å². The molecule has 0 amide bonds. The summed E-state index contributed by atoms with van der Waals surface area (Å²) in [5, 5.41) is 10.1. The van der Waals surface area contributed by atoms with E-state index in [1.54, 1.807) is 60.7 Å². The summed E-state index contributed by atoms with van der Waals surface area (Å²) in [6.07, 6.45) is -3.29. The molecule has 4 atom stereocenters. The van der Waals surface area contributed by atoms with E-state index in [2.05, 4.69) is 0 Å². The molecule has 142 valence electrons. The van der Waals surface area contributed by atoms with Crippen molar-refractivity contribution in [3.8, 4) is 0 Å². The highest BCUT2D eigenvalue weighted by atomic mass is 35.5. The summed E-state index contributed by atoms with van der Waals surface area (Å²) >= 11 is 6.35. The SMILES string of the molecule is CC1(Cl)C(O)O[C@H](COC(=O)c2ccccc2)[C@H]1OC(=O)c1ccccc1. The molecule has 0 radical (unpaired) electrons. The Hall–Kier alpha value is -2.41. The van der Waals surface area contributed by atoms with Gasteiger partial charge in [-0.15, -0.1) is 11.6 Å². The van der Waals surface area contributed by atoms with Crippen LogP contribution in [0.3, 0.4) is 0 Å². The van der Waals surface area contributed by atoms with Gasteiger partial charge in [-0.05, 0) is 31.2 Å². The smallest absolute Gasteiger partial charge is 0.338 e. The fraction of sp³-hybridized carbons (Fsp3) is 0.300. The van der Waals surface area contributed by atoms with Crippen molar-refractivity contribution < 1.29 is 28.9 Å². The van der Waals surface area contributed by atoms with Gasteiger partial charge in [-0.1, -0.05) is 36.4 Å². The predicted molar refractivity (Wildman–Crippen MR) is 97.5 cm³/mol. The summed E-state index contributed by atoms with van der Waals surface area (Å²) in [7, 11) is 0. The Morgan fingerprint density at radius 2 is 1.56 bits per heavy atom. The van der Waals surface area contributed by atoms with E-state index in [1.165, 1.54) is 6.92 Å². The molecule has 1 saturated heterocycles. The molecule has 7 heteroatoms. The highest BCUT2D eigenvalue weighted by Crippen LogP contribution is 2.38. The number of carbonyl (C=O) groups is 2. The number of benzene rings is 2. The van der Waals surface area contributed by atoms with Crippen molar-refractivity contribution in [3.63, 3.8) is 0 Å². The second-order valence-corrected chi connectivity index (χ2v) is 7.15. The van der Waals surface area contributed by atoms with Gasteiger partial charge in [0, 0.05) is 0 Å². The summed E-state index contributed by atoms with van der Waals surface area (Å²) < 4.78 is 16.1. The number of hydrogen-bond donors (Lipinski definition) is 1. The zero-order valence-corrected chi connectivity index (χ0v) is 15.3. The molecule has 0 spiro atoms. The molecular weight excluding hydrogens is 372 g/mol. The number of aliphatic hydroxyl groups excluding tert-OH is 1. The van der Waals surface area contributed by atoms with E-state index < -0.39 is 35.3 Å². The predicted octanol–water partition coefficient (Wildman–Crippen LogP) is 2.78. The largest absolute Gasteiger partial charge is 0.459 e. The number of ether oxygens (including phenoxy) is 3. The van der Waals surface area contributed by atoms with Crippen molar-refractivity contribution in [2.75, 3.05) is 6.61 Å². The third-order valence-corrected chi connectivity index (χ3v) is 4.71. The Labute approximate surface area is 161 Å². The lowest BCUT2D eigenvalue weighted by atomic mass is 10.0. The maximum Gasteiger partial charge on any atom is 0.338 e. The van der Waals surface area contributed by atoms with Gasteiger partial charge in [-0.3, -0.25) is 0 Å². The molecule has 6 nitrogen and oxygen atoms in total. The molecule has 2 aromatic rings. The second kappa shape index (κ2) is 8.08. The minimum Gasteiger partial charge on any atom is -0.459 e. The Bertz CT molecular complexity index is 793. The van der Waals surface area contributed by atoms with E-state index in [0.717, 1.165) is 0 Å². The number of hydrogen-bond acceptors (Lipinski definition) is 6. The molecule has 1 N–H and O–H groups in total. The van der Waals surface area contributed by atoms with Crippen LogP contribution in [0.15, 0.2) is 60.7 Å². The second-order valence-electron chi connectivity index (χ2n) is 6.33. The summed E-state index contributed by atoms with van der Waals surface area (Å²) in [5.41, 5.74) is 0.717. The van der Waals surface area contributed by atoms with Gasteiger partial charge < -0.3 is 19.3 Å². The van der Waals surface area contributed by atoms with E-state index in [9.17, 15) is 14.7 Å². The maximum atomic E-state index is 12.4. The van der Waals surface area contributed by atoms with Gasteiger partial charge in [-0.25, -0.2) is 9.59 Å². The van der Waals surface area contributed by atoms with Crippen molar-refractivity contribution in [1.82, 2.24) is 0 Å². The molecule has 0 bridgehead atoms. The van der Waals surface area contributed by atoms with Crippen LogP contribution in [0.25, 0.3) is 0 Å². The maximum absolute atomic E-state index is 12.4. The Morgan fingerprint density at radius 3 is 2.11 bits per heavy atom. The molecule has 2 aromatic carbocycles. The Kier molecular flexibility index (Phi) is 5.79. The van der Waals surface area contributed by atoms with Crippen molar-refractivity contribution in [1.29, 1.82) is 0 Å². The molecule has 1 aliphatic rings. The van der Waals surface area contributed by atoms with Crippen LogP contribution in [0.1, 0.15) is 27.6 Å². The molecule has 0 aliphatic carbocycles. The van der Waals surface area contributed by atoms with Crippen LogP contribution in [0.2, 0.25) is 0 Å². The lowest BCUT2D eigenvalue weighted by Gasteiger charge is -2.26. The summed E-state index contributed by atoms with van der Waals surface area (Å²) in [6, 6.07) is 16.8. The number of aliphatic hydroxyl groups is 1. The normalized spacial score (nSPS) is 27.1. The van der Waals surface area contributed by atoms with Crippen LogP contribution in [0.5, 0.6) is 0 Å². The molecule has 1 aliphatic heterocycles. The standard InChI is InChI=1S/C20H19ClO6/c1-20(21)16(27-18(23)14-10-6-3-7-11-14)15(26-19(20)24)12-25-17(22)13-8-4-2-5-9-13/h2-11,15-16,19,24H,12H2,1H3/t15-,16-,19?,20?/m1/s1. The van der Waals surface area contributed by atoms with Crippen LogP contribution < -0.4 is 0 Å². The summed E-state index contributed by atoms with van der Waals surface area (Å²) in [6.45, 7) is 1.28. The van der Waals surface area contributed by atoms with Gasteiger partial charge in [0.25, 0.3) is 0 Å². The number of rotatable bonds is 5. The third kappa shape index (κ3) is 4.30. The molecule has 3 rings (SSSR count). The lowest BCUT2D eigenvalue weighted by Crippen LogP contribution is -2.44. The van der Waals surface area contributed by atoms with Crippen LogP contribution in [0.4, 0.5) is 0 Å². The van der Waals surface area contributed by atoms with E-state index in [-0.39, 0.29) is 6.61 Å². The molecule has 2 unspecified atom stereocenters. The van der Waals surface area contributed by atoms with Crippen molar-refractivity contribution in [2.45, 2.75) is 30.3 Å². The highest BCUT2D eigenvalue weighted by Gasteiger charge is 2.55. The molecule has 0 aromatic heterocycles. The molecule has 0 saturated carbocycles. The van der Waals surface area contributed by atoms with Crippen molar-refractivity contribution in [2.24, 2.45) is 0 Å². The average Bonchev–Trinajstić information content (AvgIpc) is 2.90. The van der Waals surface area contributed by atoms with Crippen LogP contribution in [0, 0.1) is 0 Å². The van der Waals surface area contributed by atoms with E-state index >= 15 is 0 Å². The number of alkyl halides is 1. The van der Waals surface area contributed by atoms with Gasteiger partial charge in [0.15, 0.2) is 12.4 Å². The first-order valence-corrected chi connectivity index (χ1v) is 8.78. The minimum atomic E-state index is -1.38. The van der Waals surface area contributed by atoms with Crippen LogP contribution in [-0.2, 0) is 14.2 Å². The average molecular weight is 391 g/mol. The quantitative estimate of drug-likeness (QED) is 0.624. The monoisotopic (exact) mass is 390 g/mol. The zero-order valence-electron chi connectivity index (χ0n) is 14.6. The Balaban J connectivity index is 1.69. The van der Waals surface area contributed by atoms with Gasteiger partial charge in [0.05, 0.1) is 11.1 Å². The minimum absolute atomic E-state index is 0.222. The first-order chi connectivity index (χ1) is 12.9. The first-order valence-electron chi connectivity index (χ1n) is 8.40. The first kappa shape index (κ1) is 19.4. The Morgan fingerprint density at radius 1 is 1.04 bits per heavy atom. The van der Waals surface area contributed by atoms with E-state index in [0.29, 0.717) is 11.1 Å². The molecule has 1 heterocycles. The van der Waals surface area contributed by atoms with Gasteiger partial charge in [0.2, 0.25) is 0 Å². The number of halogens is 1. The van der Waals surface area contributed by atoms with Gasteiger partial charge in [-0.2, -0.15) is 0 Å².